The van der Waals surface area contributed by atoms with Gasteiger partial charge in [-0.3, -0.25) is 14.8 Å². The van der Waals surface area contributed by atoms with E-state index >= 15 is 0 Å². The fraction of sp³-hybridized carbons (Fsp3) is 0.263. The molecular weight excluding hydrogens is 330 g/mol. The van der Waals surface area contributed by atoms with E-state index in [0.29, 0.717) is 11.4 Å². The van der Waals surface area contributed by atoms with Gasteiger partial charge < -0.3 is 10.4 Å². The average molecular weight is 351 g/mol. The number of carbonyl (C=O) groups excluding carboxylic acids is 1. The highest BCUT2D eigenvalue weighted by atomic mass is 16.3. The summed E-state index contributed by atoms with van der Waals surface area (Å²) in [5.41, 5.74) is 2.66. The molecule has 26 heavy (non-hydrogen) atoms. The third-order valence-corrected chi connectivity index (χ3v) is 3.85. The molecule has 1 amide bonds. The minimum atomic E-state index is -0.739. The molecule has 0 spiro atoms. The number of carbonyl (C=O) groups is 1. The van der Waals surface area contributed by atoms with Crippen molar-refractivity contribution in [1.82, 2.24) is 25.1 Å². The van der Waals surface area contributed by atoms with Gasteiger partial charge in [0.15, 0.2) is 5.69 Å². The first-order valence-corrected chi connectivity index (χ1v) is 8.26. The summed E-state index contributed by atoms with van der Waals surface area (Å²) in [6.07, 6.45) is 5.11. The standard InChI is InChI=1S/C19H21N5O2/c1-13-6-7-15(21-10-13)17-9-16(18(26)22-19(2,3)12-25)23-24(17)14-5-4-8-20-11-14/h4-11,25H,12H2,1-3H3,(H,22,26). The first kappa shape index (κ1) is 17.8. The van der Waals surface area contributed by atoms with Gasteiger partial charge in [-0.1, -0.05) is 6.07 Å². The van der Waals surface area contributed by atoms with Gasteiger partial charge in [0.25, 0.3) is 5.91 Å². The summed E-state index contributed by atoms with van der Waals surface area (Å²) in [6, 6.07) is 9.19. The topological polar surface area (TPSA) is 92.9 Å². The van der Waals surface area contributed by atoms with Crippen molar-refractivity contribution in [2.75, 3.05) is 6.61 Å². The molecule has 0 aliphatic carbocycles. The first-order valence-electron chi connectivity index (χ1n) is 8.26. The molecule has 2 N–H and O–H groups in total. The molecule has 0 saturated heterocycles. The second-order valence-electron chi connectivity index (χ2n) is 6.75. The van der Waals surface area contributed by atoms with Crippen molar-refractivity contribution < 1.29 is 9.90 Å². The van der Waals surface area contributed by atoms with Crippen LogP contribution in [-0.2, 0) is 0 Å². The summed E-state index contributed by atoms with van der Waals surface area (Å²) in [6.45, 7) is 5.27. The Labute approximate surface area is 151 Å². The predicted octanol–water partition coefficient (Wildman–Crippen LogP) is 2.14. The molecule has 0 saturated carbocycles. The number of amides is 1. The van der Waals surface area contributed by atoms with Crippen molar-refractivity contribution in [3.63, 3.8) is 0 Å². The second kappa shape index (κ2) is 7.05. The Morgan fingerprint density at radius 3 is 2.69 bits per heavy atom. The van der Waals surface area contributed by atoms with Crippen LogP contribution < -0.4 is 5.32 Å². The van der Waals surface area contributed by atoms with Crippen LogP contribution in [0.3, 0.4) is 0 Å². The maximum Gasteiger partial charge on any atom is 0.272 e. The van der Waals surface area contributed by atoms with E-state index in [1.54, 1.807) is 49.3 Å². The Morgan fingerprint density at radius 2 is 2.08 bits per heavy atom. The minimum Gasteiger partial charge on any atom is -0.394 e. The van der Waals surface area contributed by atoms with E-state index in [0.717, 1.165) is 11.3 Å². The Balaban J connectivity index is 2.06. The third-order valence-electron chi connectivity index (χ3n) is 3.85. The molecule has 0 aliphatic heterocycles. The summed E-state index contributed by atoms with van der Waals surface area (Å²) < 4.78 is 1.64. The van der Waals surface area contributed by atoms with Gasteiger partial charge in [-0.05, 0) is 50.6 Å². The molecule has 3 aromatic heterocycles. The lowest BCUT2D eigenvalue weighted by Gasteiger charge is -2.22. The van der Waals surface area contributed by atoms with Crippen molar-refractivity contribution >= 4 is 5.91 Å². The molecule has 0 aliphatic rings. The quantitative estimate of drug-likeness (QED) is 0.735. The van der Waals surface area contributed by atoms with Crippen LogP contribution in [0, 0.1) is 6.92 Å². The number of aliphatic hydroxyl groups is 1. The van der Waals surface area contributed by atoms with Crippen LogP contribution in [-0.4, -0.2) is 42.9 Å². The van der Waals surface area contributed by atoms with Gasteiger partial charge in [-0.2, -0.15) is 5.10 Å². The molecule has 3 heterocycles. The fourth-order valence-corrected chi connectivity index (χ4v) is 2.38. The molecule has 3 rings (SSSR count). The van der Waals surface area contributed by atoms with E-state index in [1.807, 2.05) is 25.1 Å². The van der Waals surface area contributed by atoms with E-state index in [1.165, 1.54) is 0 Å². The van der Waals surface area contributed by atoms with Crippen molar-refractivity contribution in [2.45, 2.75) is 26.3 Å². The normalized spacial score (nSPS) is 11.4. The molecular formula is C19H21N5O2. The second-order valence-corrected chi connectivity index (χ2v) is 6.75. The summed E-state index contributed by atoms with van der Waals surface area (Å²) >= 11 is 0. The Bertz CT molecular complexity index is 901. The van der Waals surface area contributed by atoms with Gasteiger partial charge in [-0.15, -0.1) is 0 Å². The largest absolute Gasteiger partial charge is 0.394 e. The summed E-state index contributed by atoms with van der Waals surface area (Å²) in [4.78, 5) is 21.1. The average Bonchev–Trinajstić information content (AvgIpc) is 3.08. The maximum absolute atomic E-state index is 12.6. The van der Waals surface area contributed by atoms with Gasteiger partial charge >= 0.3 is 0 Å². The zero-order valence-electron chi connectivity index (χ0n) is 15.0. The van der Waals surface area contributed by atoms with E-state index < -0.39 is 5.54 Å². The lowest BCUT2D eigenvalue weighted by molar-refractivity contribution is 0.0864. The van der Waals surface area contributed by atoms with E-state index in [2.05, 4.69) is 20.4 Å². The zero-order valence-corrected chi connectivity index (χ0v) is 15.0. The minimum absolute atomic E-state index is 0.172. The molecule has 7 heteroatoms. The number of nitrogens with zero attached hydrogens (tertiary/aromatic N) is 4. The van der Waals surface area contributed by atoms with Crippen LogP contribution in [0.25, 0.3) is 17.1 Å². The number of aliphatic hydroxyl groups excluding tert-OH is 1. The Morgan fingerprint density at radius 1 is 1.27 bits per heavy atom. The van der Waals surface area contributed by atoms with Crippen molar-refractivity contribution in [1.29, 1.82) is 0 Å². The predicted molar refractivity (Wildman–Crippen MR) is 98.0 cm³/mol. The Kier molecular flexibility index (Phi) is 4.81. The zero-order chi connectivity index (χ0) is 18.7. The number of nitrogens with one attached hydrogen (secondary N) is 1. The van der Waals surface area contributed by atoms with Crippen molar-refractivity contribution in [2.24, 2.45) is 0 Å². The molecule has 0 radical (unpaired) electrons. The van der Waals surface area contributed by atoms with Crippen LogP contribution in [0.2, 0.25) is 0 Å². The van der Waals surface area contributed by atoms with Gasteiger partial charge in [0.1, 0.15) is 0 Å². The van der Waals surface area contributed by atoms with Gasteiger partial charge in [0.2, 0.25) is 0 Å². The van der Waals surface area contributed by atoms with Gasteiger partial charge in [0, 0.05) is 12.4 Å². The monoisotopic (exact) mass is 351 g/mol. The molecule has 7 nitrogen and oxygen atoms in total. The number of hydrogen-bond acceptors (Lipinski definition) is 5. The molecule has 0 atom stereocenters. The molecule has 0 fully saturated rings. The number of aryl methyl sites for hydroxylation is 1. The third kappa shape index (κ3) is 3.78. The fourth-order valence-electron chi connectivity index (χ4n) is 2.38. The number of pyridine rings is 2. The SMILES string of the molecule is Cc1ccc(-c2cc(C(=O)NC(C)(C)CO)nn2-c2cccnc2)nc1. The summed E-state index contributed by atoms with van der Waals surface area (Å²) in [5.74, 6) is -0.361. The molecule has 0 aromatic carbocycles. The highest BCUT2D eigenvalue weighted by Crippen LogP contribution is 2.22. The lowest BCUT2D eigenvalue weighted by Crippen LogP contribution is -2.46. The highest BCUT2D eigenvalue weighted by Gasteiger charge is 2.23. The van der Waals surface area contributed by atoms with E-state index in [-0.39, 0.29) is 18.2 Å². The van der Waals surface area contributed by atoms with Crippen LogP contribution >= 0.6 is 0 Å². The molecule has 0 bridgehead atoms. The maximum atomic E-state index is 12.6. The van der Waals surface area contributed by atoms with Crippen LogP contribution in [0.1, 0.15) is 29.9 Å². The smallest absolute Gasteiger partial charge is 0.272 e. The van der Waals surface area contributed by atoms with E-state index in [4.69, 9.17) is 0 Å². The summed E-state index contributed by atoms with van der Waals surface area (Å²) in [7, 11) is 0. The van der Waals surface area contributed by atoms with Crippen molar-refractivity contribution in [3.05, 3.63) is 60.2 Å². The van der Waals surface area contributed by atoms with Gasteiger partial charge in [0.05, 0.1) is 35.4 Å². The number of rotatable bonds is 5. The number of aromatic nitrogens is 4. The van der Waals surface area contributed by atoms with Crippen LogP contribution in [0.15, 0.2) is 48.9 Å². The van der Waals surface area contributed by atoms with Gasteiger partial charge in [-0.25, -0.2) is 4.68 Å². The Hall–Kier alpha value is -3.06. The molecule has 134 valence electrons. The molecule has 0 unspecified atom stereocenters. The van der Waals surface area contributed by atoms with E-state index in [9.17, 15) is 9.90 Å². The highest BCUT2D eigenvalue weighted by molar-refractivity contribution is 5.94. The molecule has 3 aromatic rings. The first-order chi connectivity index (χ1) is 12.4. The van der Waals surface area contributed by atoms with Crippen molar-refractivity contribution in [3.8, 4) is 17.1 Å². The van der Waals surface area contributed by atoms with Crippen LogP contribution in [0.4, 0.5) is 0 Å². The summed E-state index contributed by atoms with van der Waals surface area (Å²) in [5, 5.41) is 16.6. The van der Waals surface area contributed by atoms with Crippen LogP contribution in [0.5, 0.6) is 0 Å². The lowest BCUT2D eigenvalue weighted by atomic mass is 10.1. The number of hydrogen-bond donors (Lipinski definition) is 2.